The molecular weight excluding hydrogens is 394 g/mol. The summed E-state index contributed by atoms with van der Waals surface area (Å²) < 4.78 is 27.0. The fraction of sp³-hybridized carbons (Fsp3) is 0.375. The van der Waals surface area contributed by atoms with Crippen molar-refractivity contribution in [3.63, 3.8) is 0 Å². The largest absolute Gasteiger partial charge is 0.346 e. The van der Waals surface area contributed by atoms with E-state index in [0.717, 1.165) is 11.3 Å². The molecule has 0 unspecified atom stereocenters. The second-order valence-electron chi connectivity index (χ2n) is 5.82. The molecular formula is C16H19N3O4S3. The highest BCUT2D eigenvalue weighted by atomic mass is 32.2. The number of hydrogen-bond acceptors (Lipinski definition) is 6. The van der Waals surface area contributed by atoms with E-state index in [1.54, 1.807) is 17.5 Å². The Balaban J connectivity index is 1.53. The molecule has 2 aromatic heterocycles. The normalized spacial score (nSPS) is 17.9. The quantitative estimate of drug-likeness (QED) is 0.700. The van der Waals surface area contributed by atoms with Crippen LogP contribution in [-0.4, -0.2) is 43.7 Å². The smallest absolute Gasteiger partial charge is 0.309 e. The van der Waals surface area contributed by atoms with Gasteiger partial charge in [0.15, 0.2) is 0 Å². The zero-order chi connectivity index (χ0) is 18.6. The van der Waals surface area contributed by atoms with Crippen molar-refractivity contribution in [1.29, 1.82) is 0 Å². The highest BCUT2D eigenvalue weighted by molar-refractivity contribution is 7.91. The Morgan fingerprint density at radius 1 is 1.12 bits per heavy atom. The molecule has 2 aromatic rings. The average molecular weight is 414 g/mol. The molecule has 26 heavy (non-hydrogen) atoms. The number of nitrogens with one attached hydrogen (secondary N) is 2. The first kappa shape index (κ1) is 19.0. The number of amides is 2. The molecule has 3 rings (SSSR count). The lowest BCUT2D eigenvalue weighted by Crippen LogP contribution is -2.46. The Labute approximate surface area is 160 Å². The molecule has 1 fully saturated rings. The van der Waals surface area contributed by atoms with Gasteiger partial charge in [-0.1, -0.05) is 12.1 Å². The van der Waals surface area contributed by atoms with E-state index in [9.17, 15) is 18.0 Å². The number of sulfonamides is 1. The zero-order valence-corrected chi connectivity index (χ0v) is 16.3. The van der Waals surface area contributed by atoms with Crippen LogP contribution in [0.2, 0.25) is 0 Å². The maximum atomic E-state index is 12.7. The molecule has 1 atom stereocenters. The van der Waals surface area contributed by atoms with Crippen LogP contribution in [0.4, 0.5) is 0 Å². The number of thiophene rings is 2. The van der Waals surface area contributed by atoms with Crippen molar-refractivity contribution in [3.05, 3.63) is 39.9 Å². The monoisotopic (exact) mass is 413 g/mol. The summed E-state index contributed by atoms with van der Waals surface area (Å²) in [6.07, 6.45) is 1.39. The number of hydrogen-bond donors (Lipinski definition) is 2. The molecule has 1 aliphatic rings. The van der Waals surface area contributed by atoms with Crippen molar-refractivity contribution in [1.82, 2.24) is 14.9 Å². The van der Waals surface area contributed by atoms with Gasteiger partial charge < -0.3 is 10.6 Å². The molecule has 0 spiro atoms. The van der Waals surface area contributed by atoms with Gasteiger partial charge >= 0.3 is 11.8 Å². The first-order valence-electron chi connectivity index (χ1n) is 8.12. The molecule has 2 N–H and O–H groups in total. The molecule has 7 nitrogen and oxygen atoms in total. The lowest BCUT2D eigenvalue weighted by molar-refractivity contribution is -0.139. The van der Waals surface area contributed by atoms with Gasteiger partial charge in [-0.25, -0.2) is 8.42 Å². The minimum Gasteiger partial charge on any atom is -0.346 e. The van der Waals surface area contributed by atoms with Gasteiger partial charge in [-0.15, -0.1) is 22.7 Å². The predicted molar refractivity (Wildman–Crippen MR) is 100 cm³/mol. The summed E-state index contributed by atoms with van der Waals surface area (Å²) in [7, 11) is -3.55. The maximum Gasteiger partial charge on any atom is 0.309 e. The van der Waals surface area contributed by atoms with Crippen LogP contribution in [0.25, 0.3) is 0 Å². The minimum atomic E-state index is -3.55. The van der Waals surface area contributed by atoms with Gasteiger partial charge in [0.1, 0.15) is 4.21 Å². The lowest BCUT2D eigenvalue weighted by Gasteiger charge is -2.23. The van der Waals surface area contributed by atoms with Crippen LogP contribution >= 0.6 is 22.7 Å². The summed E-state index contributed by atoms with van der Waals surface area (Å²) in [5, 5.41) is 8.72. The number of carbonyl (C=O) groups excluding carboxylic acids is 2. The van der Waals surface area contributed by atoms with E-state index < -0.39 is 21.8 Å². The Morgan fingerprint density at radius 2 is 1.85 bits per heavy atom. The minimum absolute atomic E-state index is 0.121. The van der Waals surface area contributed by atoms with Crippen molar-refractivity contribution in [2.24, 2.45) is 0 Å². The van der Waals surface area contributed by atoms with E-state index >= 15 is 0 Å². The molecule has 0 aromatic carbocycles. The van der Waals surface area contributed by atoms with Crippen LogP contribution in [0.3, 0.4) is 0 Å². The second-order valence-corrected chi connectivity index (χ2v) is 9.91. The van der Waals surface area contributed by atoms with Gasteiger partial charge in [0.05, 0.1) is 6.54 Å². The van der Waals surface area contributed by atoms with Crippen molar-refractivity contribution >= 4 is 44.5 Å². The van der Waals surface area contributed by atoms with Crippen molar-refractivity contribution in [3.8, 4) is 0 Å². The van der Waals surface area contributed by atoms with Gasteiger partial charge in [0.2, 0.25) is 0 Å². The summed E-state index contributed by atoms with van der Waals surface area (Å²) in [6, 6.07) is 6.67. The lowest BCUT2D eigenvalue weighted by atomic mass is 10.2. The van der Waals surface area contributed by atoms with Crippen LogP contribution < -0.4 is 10.6 Å². The first-order chi connectivity index (χ1) is 12.5. The third-order valence-electron chi connectivity index (χ3n) is 4.09. The van der Waals surface area contributed by atoms with E-state index in [1.807, 2.05) is 17.5 Å². The Kier molecular flexibility index (Phi) is 6.07. The van der Waals surface area contributed by atoms with E-state index in [1.165, 1.54) is 27.0 Å². The van der Waals surface area contributed by atoms with Gasteiger partial charge in [-0.05, 0) is 35.7 Å². The topological polar surface area (TPSA) is 95.6 Å². The number of carbonyl (C=O) groups is 2. The third kappa shape index (κ3) is 4.32. The van der Waals surface area contributed by atoms with Gasteiger partial charge in [-0.2, -0.15) is 4.31 Å². The molecule has 10 heteroatoms. The molecule has 140 valence electrons. The van der Waals surface area contributed by atoms with Crippen LogP contribution in [0, 0.1) is 0 Å². The molecule has 0 saturated carbocycles. The third-order valence-corrected chi connectivity index (χ3v) is 8.29. The van der Waals surface area contributed by atoms with Crippen LogP contribution in [0.1, 0.15) is 17.7 Å². The molecule has 1 saturated heterocycles. The molecule has 0 bridgehead atoms. The van der Waals surface area contributed by atoms with E-state index in [0.29, 0.717) is 23.7 Å². The summed E-state index contributed by atoms with van der Waals surface area (Å²) in [5.41, 5.74) is 0. The van der Waals surface area contributed by atoms with Gasteiger partial charge in [0.25, 0.3) is 10.0 Å². The summed E-state index contributed by atoms with van der Waals surface area (Å²) in [4.78, 5) is 24.8. The second kappa shape index (κ2) is 8.30. The van der Waals surface area contributed by atoms with Crippen molar-refractivity contribution in [2.75, 3.05) is 13.1 Å². The standard InChI is InChI=1S/C16H19N3O4S3/c20-15(16(21)18-11-13-5-2-8-24-13)17-10-12-4-1-7-19(12)26(22,23)14-6-3-9-25-14/h2-3,5-6,8-9,12H,1,4,7,10-11H2,(H,17,20)(H,18,21)/t12-/m0/s1. The van der Waals surface area contributed by atoms with Crippen LogP contribution in [-0.2, 0) is 26.2 Å². The summed E-state index contributed by atoms with van der Waals surface area (Å²) >= 11 is 2.67. The van der Waals surface area contributed by atoms with E-state index in [-0.39, 0.29) is 12.6 Å². The molecule has 1 aliphatic heterocycles. The van der Waals surface area contributed by atoms with Gasteiger partial charge in [-0.3, -0.25) is 9.59 Å². The summed E-state index contributed by atoms with van der Waals surface area (Å²) in [5.74, 6) is -1.47. The van der Waals surface area contributed by atoms with Crippen LogP contribution in [0.15, 0.2) is 39.2 Å². The highest BCUT2D eigenvalue weighted by Crippen LogP contribution is 2.28. The SMILES string of the molecule is O=C(NCc1cccs1)C(=O)NC[C@@H]1CCCN1S(=O)(=O)c1cccs1. The van der Waals surface area contributed by atoms with E-state index in [4.69, 9.17) is 0 Å². The molecule has 2 amide bonds. The zero-order valence-electron chi connectivity index (χ0n) is 13.9. The van der Waals surface area contributed by atoms with Crippen molar-refractivity contribution < 1.29 is 18.0 Å². The summed E-state index contributed by atoms with van der Waals surface area (Å²) in [6.45, 7) is 0.841. The fourth-order valence-corrected chi connectivity index (χ4v) is 6.26. The maximum absolute atomic E-state index is 12.7. The number of nitrogens with zero attached hydrogens (tertiary/aromatic N) is 1. The Bertz CT molecular complexity index is 847. The van der Waals surface area contributed by atoms with Gasteiger partial charge in [0, 0.05) is 24.0 Å². The van der Waals surface area contributed by atoms with E-state index in [2.05, 4.69) is 10.6 Å². The number of rotatable bonds is 6. The highest BCUT2D eigenvalue weighted by Gasteiger charge is 2.36. The first-order valence-corrected chi connectivity index (χ1v) is 11.3. The molecule has 0 radical (unpaired) electrons. The molecule has 3 heterocycles. The fourth-order valence-electron chi connectivity index (χ4n) is 2.81. The van der Waals surface area contributed by atoms with Crippen LogP contribution in [0.5, 0.6) is 0 Å². The average Bonchev–Trinajstić information content (AvgIpc) is 3.39. The van der Waals surface area contributed by atoms with Crippen molar-refractivity contribution in [2.45, 2.75) is 29.6 Å². The predicted octanol–water partition coefficient (Wildman–Crippen LogP) is 1.40. The Morgan fingerprint density at radius 3 is 2.54 bits per heavy atom. The Hall–Kier alpha value is -1.75. The molecule has 0 aliphatic carbocycles.